The van der Waals surface area contributed by atoms with E-state index in [2.05, 4.69) is 24.3 Å². The first-order valence-electron chi connectivity index (χ1n) is 8.38. The molecule has 0 heterocycles. The molecular formula is C19H28O2S. The van der Waals surface area contributed by atoms with Crippen molar-refractivity contribution in [1.82, 2.24) is 0 Å². The van der Waals surface area contributed by atoms with Gasteiger partial charge in [0.15, 0.2) is 0 Å². The highest BCUT2D eigenvalue weighted by molar-refractivity contribution is 8.00. The molecule has 22 heavy (non-hydrogen) atoms. The van der Waals surface area contributed by atoms with E-state index in [0.717, 1.165) is 0 Å². The number of carbonyl (C=O) groups is 1. The zero-order chi connectivity index (χ0) is 15.9. The average Bonchev–Trinajstić information content (AvgIpc) is 2.56. The quantitative estimate of drug-likeness (QED) is 0.664. The average molecular weight is 320 g/mol. The lowest BCUT2D eigenvalue weighted by molar-refractivity contribution is -0.124. The van der Waals surface area contributed by atoms with Gasteiger partial charge >= 0.3 is 0 Å². The molecule has 3 unspecified atom stereocenters. The summed E-state index contributed by atoms with van der Waals surface area (Å²) in [5.41, 5.74) is 0. The number of thioether (sulfide) groups is 1. The minimum atomic E-state index is -0.0480. The minimum absolute atomic E-state index is 0.00851. The molecule has 0 aliphatic heterocycles. The molecule has 2 nitrogen and oxygen atoms in total. The van der Waals surface area contributed by atoms with Gasteiger partial charge in [-0.25, -0.2) is 0 Å². The first-order valence-corrected chi connectivity index (χ1v) is 9.26. The molecule has 0 radical (unpaired) electrons. The van der Waals surface area contributed by atoms with Crippen molar-refractivity contribution in [2.45, 2.75) is 62.2 Å². The summed E-state index contributed by atoms with van der Waals surface area (Å²) in [6.07, 6.45) is 6.47. The predicted octanol–water partition coefficient (Wildman–Crippen LogP) is 4.97. The van der Waals surface area contributed by atoms with Crippen molar-refractivity contribution < 1.29 is 9.53 Å². The summed E-state index contributed by atoms with van der Waals surface area (Å²) in [4.78, 5) is 13.2. The Balaban J connectivity index is 2.20. The zero-order valence-electron chi connectivity index (χ0n) is 14.0. The Morgan fingerprint density at radius 1 is 1.18 bits per heavy atom. The lowest BCUT2D eigenvalue weighted by Gasteiger charge is -2.37. The second-order valence-electron chi connectivity index (χ2n) is 6.39. The number of hydrogen-bond donors (Lipinski definition) is 0. The molecule has 0 bridgehead atoms. The molecule has 0 N–H and O–H groups in total. The molecule has 0 spiro atoms. The van der Waals surface area contributed by atoms with E-state index in [-0.39, 0.29) is 17.8 Å². The third-order valence-corrected chi connectivity index (χ3v) is 6.33. The van der Waals surface area contributed by atoms with Crippen LogP contribution in [0.4, 0.5) is 0 Å². The van der Waals surface area contributed by atoms with Crippen LogP contribution < -0.4 is 0 Å². The molecule has 122 valence electrons. The second-order valence-corrected chi connectivity index (χ2v) is 7.64. The Morgan fingerprint density at radius 2 is 1.82 bits per heavy atom. The van der Waals surface area contributed by atoms with Gasteiger partial charge in [0.2, 0.25) is 0 Å². The lowest BCUT2D eigenvalue weighted by Crippen LogP contribution is -2.40. The van der Waals surface area contributed by atoms with Gasteiger partial charge < -0.3 is 4.74 Å². The van der Waals surface area contributed by atoms with Crippen molar-refractivity contribution in [3.05, 3.63) is 30.3 Å². The fourth-order valence-electron chi connectivity index (χ4n) is 3.40. The maximum atomic E-state index is 11.9. The third kappa shape index (κ3) is 4.60. The normalized spacial score (nSPS) is 20.3. The van der Waals surface area contributed by atoms with Crippen LogP contribution in [0.3, 0.4) is 0 Å². The Labute approximate surface area is 139 Å². The first-order chi connectivity index (χ1) is 10.6. The van der Waals surface area contributed by atoms with E-state index in [4.69, 9.17) is 4.74 Å². The summed E-state index contributed by atoms with van der Waals surface area (Å²) >= 11 is 1.90. The number of hydrogen-bond acceptors (Lipinski definition) is 3. The van der Waals surface area contributed by atoms with Gasteiger partial charge in [0.25, 0.3) is 0 Å². The van der Waals surface area contributed by atoms with E-state index in [0.29, 0.717) is 11.2 Å². The van der Waals surface area contributed by atoms with Crippen LogP contribution in [0.15, 0.2) is 35.2 Å². The number of Topliss-reactive ketones (excluding diaryl/α,β-unsaturated/α-hetero) is 1. The van der Waals surface area contributed by atoms with Gasteiger partial charge in [-0.1, -0.05) is 44.4 Å². The molecule has 0 aromatic heterocycles. The minimum Gasteiger partial charge on any atom is -0.380 e. The van der Waals surface area contributed by atoms with E-state index < -0.39 is 0 Å². The lowest BCUT2D eigenvalue weighted by atomic mass is 9.82. The molecule has 3 heteroatoms. The van der Waals surface area contributed by atoms with Gasteiger partial charge in [0, 0.05) is 23.2 Å². The van der Waals surface area contributed by atoms with E-state index in [1.165, 1.54) is 37.0 Å². The zero-order valence-corrected chi connectivity index (χ0v) is 14.8. The summed E-state index contributed by atoms with van der Waals surface area (Å²) in [5, 5.41) is 0.353. The molecule has 1 aliphatic rings. The Hall–Kier alpha value is -0.800. The Kier molecular flexibility index (Phi) is 6.97. The standard InChI is InChI=1S/C19H28O2S/c1-14(15(2)20)18(21-3)19(16-10-6-4-7-11-16)22-17-12-8-5-9-13-17/h5,8-9,12-14,16,18-19H,4,6-7,10-11H2,1-3H3. The van der Waals surface area contributed by atoms with E-state index in [9.17, 15) is 4.79 Å². The highest BCUT2D eigenvalue weighted by Crippen LogP contribution is 2.40. The molecular weight excluding hydrogens is 292 g/mol. The van der Waals surface area contributed by atoms with Gasteiger partial charge in [-0.2, -0.15) is 0 Å². The smallest absolute Gasteiger partial charge is 0.135 e. The maximum Gasteiger partial charge on any atom is 0.135 e. The van der Waals surface area contributed by atoms with Crippen LogP contribution in [0.1, 0.15) is 46.0 Å². The Bertz CT molecular complexity index is 454. The summed E-state index contributed by atoms with van der Waals surface area (Å²) in [6, 6.07) is 10.5. The highest BCUT2D eigenvalue weighted by atomic mass is 32.2. The second kappa shape index (κ2) is 8.73. The molecule has 1 aliphatic carbocycles. The van der Waals surface area contributed by atoms with Crippen molar-refractivity contribution in [2.24, 2.45) is 11.8 Å². The molecule has 0 amide bonds. The molecule has 3 atom stereocenters. The number of benzene rings is 1. The van der Waals surface area contributed by atoms with Crippen LogP contribution in [0.2, 0.25) is 0 Å². The molecule has 1 aromatic carbocycles. The molecule has 1 saturated carbocycles. The summed E-state index contributed by atoms with van der Waals surface area (Å²) in [5.74, 6) is 0.820. The SMILES string of the molecule is COC(C(C)C(C)=O)C(Sc1ccccc1)C1CCCCC1. The fraction of sp³-hybridized carbons (Fsp3) is 0.632. The van der Waals surface area contributed by atoms with Crippen molar-refractivity contribution in [3.63, 3.8) is 0 Å². The van der Waals surface area contributed by atoms with Gasteiger partial charge in [-0.05, 0) is 37.8 Å². The van der Waals surface area contributed by atoms with Crippen molar-refractivity contribution in [3.8, 4) is 0 Å². The van der Waals surface area contributed by atoms with E-state index in [1.807, 2.05) is 24.8 Å². The largest absolute Gasteiger partial charge is 0.380 e. The van der Waals surface area contributed by atoms with Crippen molar-refractivity contribution in [2.75, 3.05) is 7.11 Å². The van der Waals surface area contributed by atoms with Gasteiger partial charge in [-0.3, -0.25) is 4.79 Å². The van der Waals surface area contributed by atoms with Crippen molar-refractivity contribution >= 4 is 17.5 Å². The fourth-order valence-corrected chi connectivity index (χ4v) is 4.98. The summed E-state index contributed by atoms with van der Waals surface area (Å²) in [6.45, 7) is 3.69. The Morgan fingerprint density at radius 3 is 2.36 bits per heavy atom. The number of ketones is 1. The van der Waals surface area contributed by atoms with Gasteiger partial charge in [0.05, 0.1) is 6.10 Å². The van der Waals surface area contributed by atoms with Crippen LogP contribution in [-0.2, 0) is 9.53 Å². The maximum absolute atomic E-state index is 11.9. The summed E-state index contributed by atoms with van der Waals surface area (Å²) < 4.78 is 5.82. The third-order valence-electron chi connectivity index (χ3n) is 4.86. The highest BCUT2D eigenvalue weighted by Gasteiger charge is 2.36. The van der Waals surface area contributed by atoms with Crippen LogP contribution in [0.5, 0.6) is 0 Å². The number of carbonyl (C=O) groups excluding carboxylic acids is 1. The molecule has 1 fully saturated rings. The van der Waals surface area contributed by atoms with Crippen LogP contribution >= 0.6 is 11.8 Å². The number of ether oxygens (including phenoxy) is 1. The van der Waals surface area contributed by atoms with Gasteiger partial charge in [0.1, 0.15) is 5.78 Å². The monoisotopic (exact) mass is 320 g/mol. The predicted molar refractivity (Wildman–Crippen MR) is 93.3 cm³/mol. The van der Waals surface area contributed by atoms with Crippen LogP contribution in [-0.4, -0.2) is 24.2 Å². The van der Waals surface area contributed by atoms with Gasteiger partial charge in [-0.15, -0.1) is 11.8 Å². The van der Waals surface area contributed by atoms with Crippen LogP contribution in [0.25, 0.3) is 0 Å². The number of methoxy groups -OCH3 is 1. The van der Waals surface area contributed by atoms with E-state index in [1.54, 1.807) is 14.0 Å². The molecule has 0 saturated heterocycles. The van der Waals surface area contributed by atoms with Crippen LogP contribution in [0, 0.1) is 11.8 Å². The summed E-state index contributed by atoms with van der Waals surface area (Å²) in [7, 11) is 1.76. The molecule has 1 aromatic rings. The van der Waals surface area contributed by atoms with E-state index >= 15 is 0 Å². The van der Waals surface area contributed by atoms with Crippen molar-refractivity contribution in [1.29, 1.82) is 0 Å². The first kappa shape index (κ1) is 17.6. The topological polar surface area (TPSA) is 26.3 Å². The molecule has 2 rings (SSSR count). The number of rotatable bonds is 7.